The molecule has 0 bridgehead atoms. The number of nitrogens with zero attached hydrogens (tertiary/aromatic N) is 1. The maximum atomic E-state index is 11.9. The Bertz CT molecular complexity index is 280. The SMILES string of the molecule is CCOC(=O)CC(O)CNC(C)C(=O)N(CC)CC. The van der Waals surface area contributed by atoms with Crippen LogP contribution in [0.3, 0.4) is 0 Å². The number of ether oxygens (including phenoxy) is 1. The van der Waals surface area contributed by atoms with E-state index in [1.165, 1.54) is 0 Å². The van der Waals surface area contributed by atoms with Crippen LogP contribution in [-0.2, 0) is 14.3 Å². The van der Waals surface area contributed by atoms with Crippen LogP contribution in [0.5, 0.6) is 0 Å². The van der Waals surface area contributed by atoms with E-state index in [4.69, 9.17) is 4.74 Å². The molecule has 0 spiro atoms. The van der Waals surface area contributed by atoms with Gasteiger partial charge in [0.05, 0.1) is 25.2 Å². The molecule has 0 aromatic rings. The molecule has 1 amide bonds. The number of amides is 1. The number of likely N-dealkylation sites (N-methyl/N-ethyl adjacent to an activating group) is 1. The molecule has 0 saturated carbocycles. The van der Waals surface area contributed by atoms with E-state index in [1.54, 1.807) is 18.7 Å². The lowest BCUT2D eigenvalue weighted by atomic mass is 10.2. The highest BCUT2D eigenvalue weighted by Crippen LogP contribution is 1.97. The van der Waals surface area contributed by atoms with E-state index in [2.05, 4.69) is 5.32 Å². The molecule has 0 radical (unpaired) electrons. The second-order valence-corrected chi connectivity index (χ2v) is 4.30. The number of carbonyl (C=O) groups excluding carboxylic acids is 2. The summed E-state index contributed by atoms with van der Waals surface area (Å²) in [5.41, 5.74) is 0. The van der Waals surface area contributed by atoms with Crippen LogP contribution in [0, 0.1) is 0 Å². The molecule has 0 aliphatic heterocycles. The number of rotatable bonds is 9. The van der Waals surface area contributed by atoms with Gasteiger partial charge in [-0.25, -0.2) is 0 Å². The van der Waals surface area contributed by atoms with E-state index in [-0.39, 0.29) is 24.9 Å². The van der Waals surface area contributed by atoms with E-state index in [1.807, 2.05) is 13.8 Å². The first-order valence-electron chi connectivity index (χ1n) is 6.81. The number of esters is 1. The number of nitrogens with one attached hydrogen (secondary N) is 1. The topological polar surface area (TPSA) is 78.9 Å². The van der Waals surface area contributed by atoms with Gasteiger partial charge in [-0.15, -0.1) is 0 Å². The minimum absolute atomic E-state index is 0.00617. The number of hydrogen-bond acceptors (Lipinski definition) is 5. The highest BCUT2D eigenvalue weighted by Gasteiger charge is 2.19. The predicted molar refractivity (Wildman–Crippen MR) is 72.6 cm³/mol. The van der Waals surface area contributed by atoms with Crippen LogP contribution in [0.2, 0.25) is 0 Å². The van der Waals surface area contributed by atoms with Gasteiger partial charge in [-0.2, -0.15) is 0 Å². The van der Waals surface area contributed by atoms with Gasteiger partial charge in [-0.3, -0.25) is 9.59 Å². The predicted octanol–water partition coefficient (Wildman–Crippen LogP) is 0.147. The molecule has 2 atom stereocenters. The average molecular weight is 274 g/mol. The van der Waals surface area contributed by atoms with E-state index in [9.17, 15) is 14.7 Å². The Morgan fingerprint density at radius 1 is 1.26 bits per heavy atom. The van der Waals surface area contributed by atoms with Crippen molar-refractivity contribution in [3.8, 4) is 0 Å². The summed E-state index contributed by atoms with van der Waals surface area (Å²) >= 11 is 0. The molecule has 0 fully saturated rings. The Morgan fingerprint density at radius 2 is 1.84 bits per heavy atom. The third-order valence-corrected chi connectivity index (χ3v) is 2.81. The van der Waals surface area contributed by atoms with Gasteiger partial charge in [0.2, 0.25) is 5.91 Å². The fourth-order valence-corrected chi connectivity index (χ4v) is 1.69. The lowest BCUT2D eigenvalue weighted by Gasteiger charge is -2.24. The zero-order valence-electron chi connectivity index (χ0n) is 12.3. The lowest BCUT2D eigenvalue weighted by molar-refractivity contribution is -0.145. The van der Waals surface area contributed by atoms with Gasteiger partial charge in [0, 0.05) is 19.6 Å². The van der Waals surface area contributed by atoms with Crippen molar-refractivity contribution >= 4 is 11.9 Å². The van der Waals surface area contributed by atoms with Crippen LogP contribution in [0.15, 0.2) is 0 Å². The zero-order chi connectivity index (χ0) is 14.8. The fourth-order valence-electron chi connectivity index (χ4n) is 1.69. The lowest BCUT2D eigenvalue weighted by Crippen LogP contribution is -2.47. The highest BCUT2D eigenvalue weighted by molar-refractivity contribution is 5.81. The molecular formula is C13H26N2O4. The molecule has 19 heavy (non-hydrogen) atoms. The summed E-state index contributed by atoms with van der Waals surface area (Å²) in [6, 6.07) is -0.378. The van der Waals surface area contributed by atoms with Gasteiger partial charge in [0.15, 0.2) is 0 Å². The van der Waals surface area contributed by atoms with Crippen molar-refractivity contribution in [3.05, 3.63) is 0 Å². The van der Waals surface area contributed by atoms with Crippen LogP contribution >= 0.6 is 0 Å². The Morgan fingerprint density at radius 3 is 2.32 bits per heavy atom. The van der Waals surface area contributed by atoms with E-state index in [0.717, 1.165) is 0 Å². The maximum Gasteiger partial charge on any atom is 0.308 e. The van der Waals surface area contributed by atoms with Gasteiger partial charge < -0.3 is 20.1 Å². The monoisotopic (exact) mass is 274 g/mol. The molecule has 2 unspecified atom stereocenters. The molecule has 0 aliphatic carbocycles. The second kappa shape index (κ2) is 9.75. The molecule has 0 aromatic carbocycles. The maximum absolute atomic E-state index is 11.9. The molecular weight excluding hydrogens is 248 g/mol. The Labute approximate surface area is 115 Å². The number of carbonyl (C=O) groups is 2. The summed E-state index contributed by atoms with van der Waals surface area (Å²) < 4.78 is 4.74. The third kappa shape index (κ3) is 7.12. The Balaban J connectivity index is 4.04. The van der Waals surface area contributed by atoms with Crippen LogP contribution in [0.1, 0.15) is 34.1 Å². The van der Waals surface area contributed by atoms with E-state index in [0.29, 0.717) is 19.7 Å². The smallest absolute Gasteiger partial charge is 0.308 e. The molecule has 2 N–H and O–H groups in total. The summed E-state index contributed by atoms with van der Waals surface area (Å²) in [4.78, 5) is 24.8. The van der Waals surface area contributed by atoms with Crippen LogP contribution < -0.4 is 5.32 Å². The molecule has 112 valence electrons. The minimum Gasteiger partial charge on any atom is -0.466 e. The quantitative estimate of drug-likeness (QED) is 0.585. The van der Waals surface area contributed by atoms with Crippen LogP contribution in [0.4, 0.5) is 0 Å². The molecule has 0 saturated heterocycles. The average Bonchev–Trinajstić information content (AvgIpc) is 2.37. The van der Waals surface area contributed by atoms with Gasteiger partial charge in [-0.1, -0.05) is 0 Å². The van der Waals surface area contributed by atoms with Gasteiger partial charge in [-0.05, 0) is 27.7 Å². The number of hydrogen-bond donors (Lipinski definition) is 2. The third-order valence-electron chi connectivity index (χ3n) is 2.81. The number of aliphatic hydroxyl groups excluding tert-OH is 1. The molecule has 0 heterocycles. The zero-order valence-corrected chi connectivity index (χ0v) is 12.3. The molecule has 0 rings (SSSR count). The summed E-state index contributed by atoms with van der Waals surface area (Å²) in [6.45, 7) is 9.11. The molecule has 0 aromatic heterocycles. The van der Waals surface area contributed by atoms with Crippen molar-refractivity contribution in [3.63, 3.8) is 0 Å². The first-order chi connectivity index (χ1) is 8.96. The first kappa shape index (κ1) is 17.9. The molecule has 6 nitrogen and oxygen atoms in total. The van der Waals surface area contributed by atoms with Crippen LogP contribution in [0.25, 0.3) is 0 Å². The number of aliphatic hydroxyl groups is 1. The van der Waals surface area contributed by atoms with Gasteiger partial charge >= 0.3 is 5.97 Å². The van der Waals surface area contributed by atoms with E-state index >= 15 is 0 Å². The highest BCUT2D eigenvalue weighted by atomic mass is 16.5. The summed E-state index contributed by atoms with van der Waals surface area (Å²) in [7, 11) is 0. The van der Waals surface area contributed by atoms with Gasteiger partial charge in [0.25, 0.3) is 0 Å². The largest absolute Gasteiger partial charge is 0.466 e. The Kier molecular flexibility index (Phi) is 9.16. The second-order valence-electron chi connectivity index (χ2n) is 4.30. The van der Waals surface area contributed by atoms with Crippen molar-refractivity contribution in [1.29, 1.82) is 0 Å². The molecule has 6 heteroatoms. The van der Waals surface area contributed by atoms with Crippen molar-refractivity contribution in [2.45, 2.75) is 46.3 Å². The van der Waals surface area contributed by atoms with Crippen molar-refractivity contribution < 1.29 is 19.4 Å². The minimum atomic E-state index is -0.842. The van der Waals surface area contributed by atoms with Crippen molar-refractivity contribution in [1.82, 2.24) is 10.2 Å². The van der Waals surface area contributed by atoms with Crippen molar-refractivity contribution in [2.75, 3.05) is 26.2 Å². The summed E-state index contributed by atoms with van der Waals surface area (Å²) in [5, 5.41) is 12.6. The van der Waals surface area contributed by atoms with E-state index < -0.39 is 12.1 Å². The normalized spacial score (nSPS) is 13.7. The standard InChI is InChI=1S/C13H26N2O4/c1-5-15(6-2)13(18)10(4)14-9-11(16)8-12(17)19-7-3/h10-11,14,16H,5-9H2,1-4H3. The fraction of sp³-hybridized carbons (Fsp3) is 0.846. The summed E-state index contributed by atoms with van der Waals surface area (Å²) in [5.74, 6) is -0.437. The Hall–Kier alpha value is -1.14. The van der Waals surface area contributed by atoms with Gasteiger partial charge in [0.1, 0.15) is 0 Å². The molecule has 0 aliphatic rings. The summed E-state index contributed by atoms with van der Waals surface area (Å²) in [6.07, 6.45) is -0.904. The van der Waals surface area contributed by atoms with Crippen molar-refractivity contribution in [2.24, 2.45) is 0 Å². The van der Waals surface area contributed by atoms with Crippen LogP contribution in [-0.4, -0.2) is 60.3 Å². The first-order valence-corrected chi connectivity index (χ1v) is 6.81.